The van der Waals surface area contributed by atoms with Gasteiger partial charge in [-0.15, -0.1) is 25.3 Å². The van der Waals surface area contributed by atoms with E-state index in [0.717, 1.165) is 28.2 Å². The number of carboxylic acids is 1. The molecule has 0 fully saturated rings. The summed E-state index contributed by atoms with van der Waals surface area (Å²) < 4.78 is 120. The molecule has 0 atom stereocenters. The number of benzene rings is 2. The molecule has 68 heavy (non-hydrogen) atoms. The van der Waals surface area contributed by atoms with Gasteiger partial charge in [-0.05, 0) is 75.4 Å². The van der Waals surface area contributed by atoms with Crippen LogP contribution in [0.1, 0.15) is 135 Å². The van der Waals surface area contributed by atoms with Crippen molar-refractivity contribution in [1.82, 2.24) is 5.32 Å². The molecule has 3 N–H and O–H groups in total. The Balaban J connectivity index is 0.00000183. The van der Waals surface area contributed by atoms with Gasteiger partial charge < -0.3 is 19.9 Å². The molecule has 4 rings (SSSR count). The maximum Gasteiger partial charge on any atom is 0.425 e. The van der Waals surface area contributed by atoms with Gasteiger partial charge in [0.25, 0.3) is 16.0 Å². The molecule has 0 spiro atoms. The number of nitrogens with one attached hydrogen (secondary N) is 1. The minimum absolute atomic E-state index is 0.0170. The largest absolute Gasteiger partial charge is 0.748 e. The second-order valence-corrected chi connectivity index (χ2v) is 20.6. The Hall–Kier alpha value is -5.53. The van der Waals surface area contributed by atoms with Crippen molar-refractivity contribution in [1.29, 1.82) is 0 Å². The van der Waals surface area contributed by atoms with E-state index in [1.165, 1.54) is 0 Å². The van der Waals surface area contributed by atoms with Gasteiger partial charge in [0.05, 0.1) is 21.3 Å². The maximum absolute atomic E-state index is 13.6. The minimum Gasteiger partial charge on any atom is -0.748 e. The predicted molar refractivity (Wildman–Crippen MR) is 250 cm³/mol. The molecule has 0 aromatic heterocycles. The second kappa shape index (κ2) is 25.7. The number of hydrogen-bond acceptors (Lipinski definition) is 16. The number of nitrogens with zero attached hydrogens (tertiary/aromatic N) is 2. The van der Waals surface area contributed by atoms with Crippen LogP contribution in [0, 0.1) is 0 Å². The van der Waals surface area contributed by atoms with Crippen LogP contribution < -0.4 is 10.2 Å². The number of allylic oxidation sites excluding steroid dienone is 6. The van der Waals surface area contributed by atoms with Crippen LogP contribution in [0.25, 0.3) is 0 Å². The van der Waals surface area contributed by atoms with Crippen molar-refractivity contribution in [2.24, 2.45) is 0 Å². The number of Topliss-reactive ketones (excluding diaryl/α,β-unsaturated/α-hetero) is 2. The molecular formula is C44H57N3O17S4. The van der Waals surface area contributed by atoms with Gasteiger partial charge >= 0.3 is 27.2 Å². The van der Waals surface area contributed by atoms with Crippen molar-refractivity contribution in [2.75, 3.05) is 36.0 Å². The van der Waals surface area contributed by atoms with Crippen LogP contribution in [0.4, 0.5) is 11.4 Å². The number of amides is 1. The number of fused-ring (bicyclic) bond motifs is 2. The topological polar surface area (TPSA) is 321 Å². The molecule has 1 amide bonds. The summed E-state index contributed by atoms with van der Waals surface area (Å²) in [5.74, 6) is -2.55. The van der Waals surface area contributed by atoms with Gasteiger partial charge in [-0.2, -0.15) is 13.0 Å². The summed E-state index contributed by atoms with van der Waals surface area (Å²) in [6.07, 6.45) is 11.3. The Kier molecular flexibility index (Phi) is 22.2. The number of carbonyl (C=O) groups excluding carboxylic acids is 3. The van der Waals surface area contributed by atoms with Gasteiger partial charge in [-0.3, -0.25) is 23.7 Å². The van der Waals surface area contributed by atoms with Crippen molar-refractivity contribution in [3.8, 4) is 0 Å². The average Bonchev–Trinajstić information content (AvgIpc) is 3.55. The first-order valence-corrected chi connectivity index (χ1v) is 26.5. The van der Waals surface area contributed by atoms with Crippen LogP contribution in [0.2, 0.25) is 0 Å². The molecule has 24 heteroatoms. The SMILES string of the molecule is CCCC(=O)c1cc(C(=O)CCC)c2c(c1)N(CCCS(=O)(=O)[O-])C(=CC=CC=CC1=[N+](CCCS(=O)(=O)O)c3ccc(C(=O)NCCCC(=O)O)cc3C1(C)C)C2(C)C.O=S(=O)=O.O=S(=O)=O. The van der Waals surface area contributed by atoms with Crippen LogP contribution in [-0.4, -0.2) is 121 Å². The van der Waals surface area contributed by atoms with Gasteiger partial charge in [-0.1, -0.05) is 45.9 Å². The molecule has 2 aromatic rings. The summed E-state index contributed by atoms with van der Waals surface area (Å²) in [7, 11) is -14.9. The highest BCUT2D eigenvalue weighted by Crippen LogP contribution is 2.50. The van der Waals surface area contributed by atoms with E-state index in [1.54, 1.807) is 42.5 Å². The summed E-state index contributed by atoms with van der Waals surface area (Å²) >= 11 is 0. The number of hydrogen-bond donors (Lipinski definition) is 3. The quantitative estimate of drug-likeness (QED) is 0.0476. The maximum atomic E-state index is 13.6. The molecule has 2 aromatic carbocycles. The number of carbonyl (C=O) groups is 4. The molecule has 0 saturated heterocycles. The van der Waals surface area contributed by atoms with E-state index in [4.69, 9.17) is 30.4 Å². The molecule has 20 nitrogen and oxygen atoms in total. The predicted octanol–water partition coefficient (Wildman–Crippen LogP) is 4.62. The fourth-order valence-electron chi connectivity index (χ4n) is 8.01. The van der Waals surface area contributed by atoms with Crippen LogP contribution >= 0.6 is 0 Å². The molecule has 2 aliphatic heterocycles. The summed E-state index contributed by atoms with van der Waals surface area (Å²) in [6.45, 7) is 12.3. The van der Waals surface area contributed by atoms with Crippen LogP contribution in [0.15, 0.2) is 66.4 Å². The minimum atomic E-state index is -4.51. The van der Waals surface area contributed by atoms with E-state index in [9.17, 15) is 45.1 Å². The fourth-order valence-corrected chi connectivity index (χ4v) is 8.98. The highest BCUT2D eigenvalue weighted by atomic mass is 32.2. The van der Waals surface area contributed by atoms with E-state index in [-0.39, 0.29) is 69.2 Å². The number of rotatable bonds is 22. The third-order valence-electron chi connectivity index (χ3n) is 10.8. The molecule has 0 unspecified atom stereocenters. The smallest absolute Gasteiger partial charge is 0.425 e. The lowest BCUT2D eigenvalue weighted by Gasteiger charge is -2.27. The number of aliphatic carboxylic acids is 1. The van der Waals surface area contributed by atoms with E-state index in [0.29, 0.717) is 41.6 Å². The monoisotopic (exact) mass is 1030 g/mol. The van der Waals surface area contributed by atoms with Crippen LogP contribution in [-0.2, 0) is 57.1 Å². The lowest BCUT2D eigenvalue weighted by molar-refractivity contribution is -0.437. The third-order valence-corrected chi connectivity index (χ3v) is 12.4. The number of carboxylic acid groups (broad SMARTS) is 1. The summed E-state index contributed by atoms with van der Waals surface area (Å²) in [5.41, 5.74) is 4.23. The Morgan fingerprint density at radius 3 is 1.94 bits per heavy atom. The first kappa shape index (κ1) is 58.6. The zero-order valence-electron chi connectivity index (χ0n) is 38.5. The van der Waals surface area contributed by atoms with E-state index in [1.807, 2.05) is 69.2 Å². The van der Waals surface area contributed by atoms with E-state index in [2.05, 4.69) is 5.32 Å². The third kappa shape index (κ3) is 17.5. The van der Waals surface area contributed by atoms with Crippen LogP contribution in [0.3, 0.4) is 0 Å². The van der Waals surface area contributed by atoms with Crippen molar-refractivity contribution >= 4 is 82.0 Å². The Labute approximate surface area is 399 Å². The van der Waals surface area contributed by atoms with Gasteiger partial charge in [0.2, 0.25) is 5.69 Å². The van der Waals surface area contributed by atoms with Gasteiger partial charge in [0, 0.05) is 95.7 Å². The lowest BCUT2D eigenvalue weighted by Crippen LogP contribution is -2.29. The molecular weight excluding hydrogens is 971 g/mol. The molecule has 374 valence electrons. The molecule has 0 radical (unpaired) electrons. The normalized spacial score (nSPS) is 15.3. The average molecular weight is 1030 g/mol. The molecule has 0 aliphatic carbocycles. The number of anilines is 1. The molecule has 2 heterocycles. The summed E-state index contributed by atoms with van der Waals surface area (Å²) in [5, 5.41) is 11.7. The Bertz CT molecular complexity index is 2790. The highest BCUT2D eigenvalue weighted by molar-refractivity contribution is 7.85. The zero-order valence-corrected chi connectivity index (χ0v) is 41.8. The second-order valence-electron chi connectivity index (χ2n) is 16.6. The zero-order chi connectivity index (χ0) is 51.8. The van der Waals surface area contributed by atoms with Crippen molar-refractivity contribution in [3.05, 3.63) is 94.2 Å². The van der Waals surface area contributed by atoms with Gasteiger partial charge in [0.1, 0.15) is 6.54 Å². The Morgan fingerprint density at radius 2 is 1.38 bits per heavy atom. The molecule has 0 bridgehead atoms. The molecule has 0 saturated carbocycles. The Morgan fingerprint density at radius 1 is 0.779 bits per heavy atom. The first-order chi connectivity index (χ1) is 31.5. The lowest BCUT2D eigenvalue weighted by atomic mass is 9.79. The van der Waals surface area contributed by atoms with Crippen molar-refractivity contribution in [2.45, 2.75) is 104 Å². The highest BCUT2D eigenvalue weighted by Gasteiger charge is 2.45. The summed E-state index contributed by atoms with van der Waals surface area (Å²) in [4.78, 5) is 52.7. The van der Waals surface area contributed by atoms with Crippen LogP contribution in [0.5, 0.6) is 0 Å². The number of ketones is 2. The fraction of sp³-hybridized carbons (Fsp3) is 0.477. The van der Waals surface area contributed by atoms with E-state index >= 15 is 0 Å². The van der Waals surface area contributed by atoms with Crippen molar-refractivity contribution in [3.63, 3.8) is 0 Å². The van der Waals surface area contributed by atoms with E-state index < -0.39 is 69.8 Å². The van der Waals surface area contributed by atoms with Gasteiger partial charge in [0.15, 0.2) is 17.3 Å². The van der Waals surface area contributed by atoms with Gasteiger partial charge in [-0.25, -0.2) is 8.42 Å². The van der Waals surface area contributed by atoms with Crippen molar-refractivity contribution < 1.29 is 80.1 Å². The standard InChI is InChI=1S/C44H57N3O11S2.2O3S/c1-7-15-36(48)31-27-32(37(49)16-8-2)41-35(29-31)47(24-14-26-60(56,57)58)39(44(41,5)6)18-11-9-10-17-38-43(3,4)33-28-30(42(52)45-22-12-19-40(50)51)20-21-34(33)46(38)23-13-25-59(53,54)55;2*1-4(2)3/h9-11,17-18,20-21,27-29H,7-8,12-16,19,22-26H2,1-6H3,(H3-,45,50,51,52,53,54,55,56,57,58);;. The summed E-state index contributed by atoms with van der Waals surface area (Å²) in [6, 6.07) is 8.64. The first-order valence-electron chi connectivity index (χ1n) is 21.3. The molecule has 2 aliphatic rings.